The number of pyridine rings is 1. The molecule has 5 nitrogen and oxygen atoms in total. The number of nitrogens with zero attached hydrogens (tertiary/aromatic N) is 1. The zero-order chi connectivity index (χ0) is 16.8. The van der Waals surface area contributed by atoms with Gasteiger partial charge in [0.2, 0.25) is 0 Å². The van der Waals surface area contributed by atoms with Crippen LogP contribution in [0.4, 0.5) is 5.82 Å². The number of amides is 1. The highest BCUT2D eigenvalue weighted by Gasteiger charge is 2.27. The number of halogens is 1. The number of carbonyl (C=O) groups excluding carboxylic acids is 1. The predicted octanol–water partition coefficient (Wildman–Crippen LogP) is 0.175. The smallest absolute Gasteiger partial charge is 0.275 e. The van der Waals surface area contributed by atoms with Crippen LogP contribution in [0.5, 0.6) is 0 Å². The highest BCUT2D eigenvalue weighted by molar-refractivity contribution is 6.31. The minimum Gasteiger partial charge on any atom is -0.347 e. The number of aromatic nitrogens is 1. The van der Waals surface area contributed by atoms with E-state index in [2.05, 4.69) is 21.3 Å². The molecule has 0 unspecified atom stereocenters. The molecular weight excluding hydrogens is 324 g/mol. The summed E-state index contributed by atoms with van der Waals surface area (Å²) in [5, 5.41) is 3.66. The lowest BCUT2D eigenvalue weighted by Crippen LogP contribution is -3.16. The maximum atomic E-state index is 12.2. The zero-order valence-electron chi connectivity index (χ0n) is 13.6. The molecule has 2 aromatic rings. The Bertz CT molecular complexity index is 672. The van der Waals surface area contributed by atoms with Crippen molar-refractivity contribution in [3.8, 4) is 0 Å². The van der Waals surface area contributed by atoms with Gasteiger partial charge < -0.3 is 10.2 Å². The molecule has 1 fully saturated rings. The minimum absolute atomic E-state index is 0.0737. The van der Waals surface area contributed by atoms with Crippen molar-refractivity contribution in [2.45, 2.75) is 6.54 Å². The van der Waals surface area contributed by atoms with Crippen LogP contribution >= 0.6 is 11.6 Å². The molecule has 0 spiro atoms. The Morgan fingerprint density at radius 1 is 1.17 bits per heavy atom. The van der Waals surface area contributed by atoms with Gasteiger partial charge >= 0.3 is 0 Å². The monoisotopic (exact) mass is 346 g/mol. The van der Waals surface area contributed by atoms with Crippen LogP contribution in [0.1, 0.15) is 5.56 Å². The Balaban J connectivity index is 1.43. The summed E-state index contributed by atoms with van der Waals surface area (Å²) in [4.78, 5) is 19.1. The third kappa shape index (κ3) is 4.46. The fraction of sp³-hybridized carbons (Fsp3) is 0.333. The lowest BCUT2D eigenvalue weighted by Gasteiger charge is -2.27. The number of rotatable bonds is 5. The number of piperazine rings is 1. The number of nitrogens with one attached hydrogen (secondary N) is 3. The molecule has 1 aliphatic heterocycles. The van der Waals surface area contributed by atoms with E-state index in [1.807, 2.05) is 42.6 Å². The number of hydrogen-bond donors (Lipinski definition) is 2. The van der Waals surface area contributed by atoms with E-state index in [0.717, 1.165) is 37.6 Å². The summed E-state index contributed by atoms with van der Waals surface area (Å²) in [7, 11) is 0. The van der Waals surface area contributed by atoms with Crippen molar-refractivity contribution in [2.24, 2.45) is 0 Å². The SMILES string of the molecule is O=C(C[NH+]1CCN(c2cccc[nH+]2)CC1)NCc1ccccc1Cl. The van der Waals surface area contributed by atoms with Crippen molar-refractivity contribution in [3.05, 3.63) is 59.2 Å². The predicted molar refractivity (Wildman–Crippen MR) is 94.1 cm³/mol. The second-order valence-electron chi connectivity index (χ2n) is 6.03. The van der Waals surface area contributed by atoms with Crippen molar-refractivity contribution in [1.29, 1.82) is 0 Å². The van der Waals surface area contributed by atoms with Gasteiger partial charge in [0, 0.05) is 17.6 Å². The molecular formula is C18H23ClN4O+2. The molecule has 3 rings (SSSR count). The van der Waals surface area contributed by atoms with Crippen LogP contribution in [0.2, 0.25) is 5.02 Å². The molecule has 3 N–H and O–H groups in total. The van der Waals surface area contributed by atoms with E-state index in [0.29, 0.717) is 18.1 Å². The molecule has 2 heterocycles. The van der Waals surface area contributed by atoms with E-state index in [9.17, 15) is 4.79 Å². The van der Waals surface area contributed by atoms with Gasteiger partial charge in [-0.2, -0.15) is 0 Å². The number of aromatic amines is 1. The van der Waals surface area contributed by atoms with Crippen LogP contribution in [0, 0.1) is 0 Å². The summed E-state index contributed by atoms with van der Waals surface area (Å²) in [6.45, 7) is 4.82. The third-order valence-corrected chi connectivity index (χ3v) is 4.72. The Kier molecular flexibility index (Phi) is 5.67. The molecule has 1 saturated heterocycles. The van der Waals surface area contributed by atoms with Gasteiger partial charge in [0.15, 0.2) is 6.54 Å². The molecule has 0 atom stereocenters. The molecule has 0 bridgehead atoms. The van der Waals surface area contributed by atoms with E-state index in [-0.39, 0.29) is 5.91 Å². The van der Waals surface area contributed by atoms with E-state index in [1.54, 1.807) is 0 Å². The van der Waals surface area contributed by atoms with E-state index in [4.69, 9.17) is 11.6 Å². The van der Waals surface area contributed by atoms with Gasteiger partial charge in [0.25, 0.3) is 11.7 Å². The lowest BCUT2D eigenvalue weighted by atomic mass is 10.2. The Hall–Kier alpha value is -2.11. The van der Waals surface area contributed by atoms with E-state index < -0.39 is 0 Å². The van der Waals surface area contributed by atoms with Gasteiger partial charge in [-0.3, -0.25) is 9.69 Å². The lowest BCUT2D eigenvalue weighted by molar-refractivity contribution is -0.892. The average Bonchev–Trinajstić information content (AvgIpc) is 2.62. The standard InChI is InChI=1S/C18H21ClN4O/c19-16-6-2-1-5-15(16)13-21-18(24)14-22-9-11-23(12-10-22)17-7-3-4-8-20-17/h1-8H,9-14H2,(H,21,24)/p+2. The van der Waals surface area contributed by atoms with Crippen molar-refractivity contribution >= 4 is 23.3 Å². The van der Waals surface area contributed by atoms with Crippen LogP contribution in [0.3, 0.4) is 0 Å². The second-order valence-corrected chi connectivity index (χ2v) is 6.44. The second kappa shape index (κ2) is 8.13. The van der Waals surface area contributed by atoms with Crippen molar-refractivity contribution in [3.63, 3.8) is 0 Å². The average molecular weight is 347 g/mol. The van der Waals surface area contributed by atoms with Crippen LogP contribution in [0.25, 0.3) is 0 Å². The summed E-state index contributed by atoms with van der Waals surface area (Å²) in [5.41, 5.74) is 0.951. The number of hydrogen-bond acceptors (Lipinski definition) is 2. The minimum atomic E-state index is 0.0737. The Labute approximate surface area is 147 Å². The maximum Gasteiger partial charge on any atom is 0.275 e. The first kappa shape index (κ1) is 16.7. The van der Waals surface area contributed by atoms with Gasteiger partial charge in [-0.05, 0) is 17.7 Å². The quantitative estimate of drug-likeness (QED) is 0.811. The van der Waals surface area contributed by atoms with Crippen LogP contribution in [-0.2, 0) is 11.3 Å². The van der Waals surface area contributed by atoms with Gasteiger partial charge in [-0.15, -0.1) is 0 Å². The Morgan fingerprint density at radius 3 is 2.62 bits per heavy atom. The summed E-state index contributed by atoms with van der Waals surface area (Å²) in [6.07, 6.45) is 1.94. The first-order valence-corrected chi connectivity index (χ1v) is 8.65. The number of H-pyrrole nitrogens is 1. The molecule has 0 saturated carbocycles. The molecule has 24 heavy (non-hydrogen) atoms. The van der Waals surface area contributed by atoms with Gasteiger partial charge in [0.05, 0.1) is 6.20 Å². The molecule has 1 amide bonds. The molecule has 0 aliphatic carbocycles. The molecule has 1 aromatic carbocycles. The topological polar surface area (TPSA) is 50.9 Å². The Morgan fingerprint density at radius 2 is 1.92 bits per heavy atom. The molecule has 6 heteroatoms. The molecule has 1 aromatic heterocycles. The van der Waals surface area contributed by atoms with E-state index >= 15 is 0 Å². The van der Waals surface area contributed by atoms with Gasteiger partial charge in [-0.25, -0.2) is 4.98 Å². The fourth-order valence-electron chi connectivity index (χ4n) is 2.95. The number of carbonyl (C=O) groups is 1. The molecule has 1 aliphatic rings. The first-order valence-electron chi connectivity index (χ1n) is 8.28. The molecule has 126 valence electrons. The largest absolute Gasteiger partial charge is 0.347 e. The highest BCUT2D eigenvalue weighted by atomic mass is 35.5. The normalized spacial score (nSPS) is 15.3. The van der Waals surface area contributed by atoms with Crippen LogP contribution < -0.4 is 20.1 Å². The first-order chi connectivity index (χ1) is 11.7. The third-order valence-electron chi connectivity index (χ3n) is 4.35. The van der Waals surface area contributed by atoms with Crippen LogP contribution in [-0.4, -0.2) is 38.6 Å². The van der Waals surface area contributed by atoms with Crippen molar-refractivity contribution in [2.75, 3.05) is 37.6 Å². The number of benzene rings is 1. The van der Waals surface area contributed by atoms with Gasteiger partial charge in [-0.1, -0.05) is 35.9 Å². The fourth-order valence-corrected chi connectivity index (χ4v) is 3.15. The summed E-state index contributed by atoms with van der Waals surface area (Å²) >= 11 is 6.11. The van der Waals surface area contributed by atoms with Crippen LogP contribution in [0.15, 0.2) is 48.7 Å². The number of anilines is 1. The summed E-state index contributed by atoms with van der Waals surface area (Å²) in [5.74, 6) is 1.21. The summed E-state index contributed by atoms with van der Waals surface area (Å²) in [6, 6.07) is 13.7. The van der Waals surface area contributed by atoms with Crippen molar-refractivity contribution < 1.29 is 14.7 Å². The highest BCUT2D eigenvalue weighted by Crippen LogP contribution is 2.14. The van der Waals surface area contributed by atoms with E-state index in [1.165, 1.54) is 4.90 Å². The van der Waals surface area contributed by atoms with Gasteiger partial charge in [0.1, 0.15) is 26.2 Å². The maximum absolute atomic E-state index is 12.2. The number of quaternary nitrogens is 1. The van der Waals surface area contributed by atoms with Crippen molar-refractivity contribution in [1.82, 2.24) is 5.32 Å². The molecule has 0 radical (unpaired) electrons. The summed E-state index contributed by atoms with van der Waals surface area (Å²) < 4.78 is 0. The zero-order valence-corrected chi connectivity index (χ0v) is 14.4.